The third-order valence-electron chi connectivity index (χ3n) is 3.58. The molecule has 0 radical (unpaired) electrons. The Morgan fingerprint density at radius 3 is 2.80 bits per heavy atom. The van der Waals surface area contributed by atoms with Crippen molar-refractivity contribution in [1.82, 2.24) is 0 Å². The largest absolute Gasteiger partial charge is 0.270 e. The van der Waals surface area contributed by atoms with E-state index in [1.165, 1.54) is 11.1 Å². The van der Waals surface area contributed by atoms with E-state index in [0.717, 1.165) is 17.7 Å². The fourth-order valence-electron chi connectivity index (χ4n) is 2.64. The van der Waals surface area contributed by atoms with Crippen LogP contribution in [0.1, 0.15) is 18.9 Å². The minimum Gasteiger partial charge on any atom is -0.270 e. The van der Waals surface area contributed by atoms with Crippen LogP contribution in [-0.2, 0) is 16.4 Å². The van der Waals surface area contributed by atoms with Crippen LogP contribution in [0, 0.1) is 0 Å². The Bertz CT molecular complexity index is 705. The molecule has 2 heterocycles. The monoisotopic (exact) mass is 307 g/mol. The number of anilines is 1. The van der Waals surface area contributed by atoms with Gasteiger partial charge in [0.05, 0.1) is 11.4 Å². The van der Waals surface area contributed by atoms with E-state index in [4.69, 9.17) is 0 Å². The van der Waals surface area contributed by atoms with E-state index in [1.807, 2.05) is 19.1 Å². The van der Waals surface area contributed by atoms with E-state index in [9.17, 15) is 8.42 Å². The molecule has 0 saturated heterocycles. The van der Waals surface area contributed by atoms with Gasteiger partial charge >= 0.3 is 0 Å². The molecule has 1 aromatic heterocycles. The van der Waals surface area contributed by atoms with Crippen molar-refractivity contribution in [3.63, 3.8) is 0 Å². The third-order valence-corrected chi connectivity index (χ3v) is 6.24. The van der Waals surface area contributed by atoms with E-state index in [-0.39, 0.29) is 5.75 Å². The van der Waals surface area contributed by atoms with Gasteiger partial charge in [-0.05, 0) is 58.5 Å². The number of rotatable bonds is 4. The Kier molecular flexibility index (Phi) is 3.56. The van der Waals surface area contributed by atoms with Crippen molar-refractivity contribution in [2.24, 2.45) is 0 Å². The van der Waals surface area contributed by atoms with Gasteiger partial charge in [0.2, 0.25) is 10.0 Å². The highest BCUT2D eigenvalue weighted by molar-refractivity contribution is 7.92. The second-order valence-electron chi connectivity index (χ2n) is 4.99. The van der Waals surface area contributed by atoms with Crippen LogP contribution >= 0.6 is 11.3 Å². The van der Waals surface area contributed by atoms with Crippen LogP contribution < -0.4 is 4.31 Å². The summed E-state index contributed by atoms with van der Waals surface area (Å²) < 4.78 is 26.0. The molecular weight excluding hydrogens is 290 g/mol. The molecule has 1 aliphatic rings. The lowest BCUT2D eigenvalue weighted by molar-refractivity contribution is 0.591. The van der Waals surface area contributed by atoms with E-state index >= 15 is 0 Å². The predicted molar refractivity (Wildman–Crippen MR) is 84.9 cm³/mol. The van der Waals surface area contributed by atoms with Crippen LogP contribution in [0.4, 0.5) is 5.69 Å². The van der Waals surface area contributed by atoms with E-state index < -0.39 is 10.0 Å². The highest BCUT2D eigenvalue weighted by Gasteiger charge is 2.28. The van der Waals surface area contributed by atoms with Gasteiger partial charge in [-0.1, -0.05) is 13.0 Å². The molecule has 0 saturated carbocycles. The van der Waals surface area contributed by atoms with Crippen molar-refractivity contribution in [3.05, 3.63) is 40.6 Å². The molecule has 0 spiro atoms. The van der Waals surface area contributed by atoms with Crippen LogP contribution in [0.25, 0.3) is 11.1 Å². The molecule has 5 heteroatoms. The minimum absolute atomic E-state index is 0.221. The zero-order chi connectivity index (χ0) is 14.2. The molecule has 0 unspecified atom stereocenters. The van der Waals surface area contributed by atoms with Crippen molar-refractivity contribution >= 4 is 27.0 Å². The van der Waals surface area contributed by atoms with Crippen molar-refractivity contribution in [1.29, 1.82) is 0 Å². The summed E-state index contributed by atoms with van der Waals surface area (Å²) in [5, 5.41) is 4.17. The number of hydrogen-bond acceptors (Lipinski definition) is 3. The zero-order valence-electron chi connectivity index (χ0n) is 11.4. The lowest BCUT2D eigenvalue weighted by Crippen LogP contribution is -2.31. The highest BCUT2D eigenvalue weighted by Crippen LogP contribution is 2.34. The van der Waals surface area contributed by atoms with Crippen LogP contribution in [0.5, 0.6) is 0 Å². The summed E-state index contributed by atoms with van der Waals surface area (Å²) in [4.78, 5) is 0. The van der Waals surface area contributed by atoms with E-state index in [0.29, 0.717) is 13.0 Å². The normalized spacial score (nSPS) is 14.6. The Labute approximate surface area is 123 Å². The van der Waals surface area contributed by atoms with Gasteiger partial charge in [-0.3, -0.25) is 4.31 Å². The molecule has 0 atom stereocenters. The fraction of sp³-hybridized carbons (Fsp3) is 0.333. The molecule has 106 valence electrons. The number of thiophene rings is 1. The fourth-order valence-corrected chi connectivity index (χ4v) is 4.89. The second-order valence-corrected chi connectivity index (χ2v) is 7.79. The smallest absolute Gasteiger partial charge is 0.235 e. The SMILES string of the molecule is CCCS(=O)(=O)N1CCc2cc(-c3ccsc3)ccc21. The minimum atomic E-state index is -3.15. The van der Waals surface area contributed by atoms with Gasteiger partial charge in [0.1, 0.15) is 0 Å². The average molecular weight is 307 g/mol. The van der Waals surface area contributed by atoms with Crippen LogP contribution in [-0.4, -0.2) is 20.7 Å². The first kappa shape index (κ1) is 13.6. The molecule has 0 fully saturated rings. The van der Waals surface area contributed by atoms with Crippen LogP contribution in [0.3, 0.4) is 0 Å². The molecule has 1 aromatic carbocycles. The Hall–Kier alpha value is -1.33. The number of hydrogen-bond donors (Lipinski definition) is 0. The average Bonchev–Trinajstić information content (AvgIpc) is 3.07. The molecule has 2 aromatic rings. The van der Waals surface area contributed by atoms with Gasteiger partial charge in [0.25, 0.3) is 0 Å². The zero-order valence-corrected chi connectivity index (χ0v) is 13.0. The molecule has 1 aliphatic heterocycles. The van der Waals surface area contributed by atoms with Crippen molar-refractivity contribution in [2.45, 2.75) is 19.8 Å². The quantitative estimate of drug-likeness (QED) is 0.866. The molecule has 0 N–H and O–H groups in total. The molecule has 0 bridgehead atoms. The standard InChI is InChI=1S/C15H17NO2S2/c1-2-9-20(17,18)16-7-5-13-10-12(3-4-15(13)16)14-6-8-19-11-14/h3-4,6,8,10-11H,2,5,7,9H2,1H3. The lowest BCUT2D eigenvalue weighted by atomic mass is 10.0. The van der Waals surface area contributed by atoms with Crippen LogP contribution in [0.2, 0.25) is 0 Å². The first-order valence-electron chi connectivity index (χ1n) is 6.78. The molecule has 0 aliphatic carbocycles. The van der Waals surface area contributed by atoms with Crippen molar-refractivity contribution < 1.29 is 8.42 Å². The van der Waals surface area contributed by atoms with Gasteiger partial charge < -0.3 is 0 Å². The summed E-state index contributed by atoms with van der Waals surface area (Å²) in [6, 6.07) is 8.18. The van der Waals surface area contributed by atoms with Crippen molar-refractivity contribution in [3.8, 4) is 11.1 Å². The Balaban J connectivity index is 1.96. The predicted octanol–water partition coefficient (Wildman–Crippen LogP) is 3.52. The van der Waals surface area contributed by atoms with E-state index in [1.54, 1.807) is 15.6 Å². The van der Waals surface area contributed by atoms with E-state index in [2.05, 4.69) is 22.9 Å². The number of fused-ring (bicyclic) bond motifs is 1. The topological polar surface area (TPSA) is 37.4 Å². The maximum Gasteiger partial charge on any atom is 0.235 e. The van der Waals surface area contributed by atoms with Gasteiger partial charge in [0, 0.05) is 6.54 Å². The summed E-state index contributed by atoms with van der Waals surface area (Å²) in [5.74, 6) is 0.221. The Morgan fingerprint density at radius 2 is 2.10 bits per heavy atom. The van der Waals surface area contributed by atoms with Gasteiger partial charge in [-0.25, -0.2) is 8.42 Å². The molecule has 3 nitrogen and oxygen atoms in total. The second kappa shape index (κ2) is 5.22. The first-order chi connectivity index (χ1) is 9.62. The molecule has 20 heavy (non-hydrogen) atoms. The summed E-state index contributed by atoms with van der Waals surface area (Å²) in [6.07, 6.45) is 1.46. The third kappa shape index (κ3) is 2.36. The van der Waals surface area contributed by atoms with Gasteiger partial charge in [0.15, 0.2) is 0 Å². The first-order valence-corrected chi connectivity index (χ1v) is 9.33. The van der Waals surface area contributed by atoms with Crippen LogP contribution in [0.15, 0.2) is 35.0 Å². The number of nitrogens with zero attached hydrogens (tertiary/aromatic N) is 1. The molecule has 0 amide bonds. The number of sulfonamides is 1. The number of benzene rings is 1. The summed E-state index contributed by atoms with van der Waals surface area (Å²) in [6.45, 7) is 2.47. The van der Waals surface area contributed by atoms with Gasteiger partial charge in [-0.15, -0.1) is 0 Å². The lowest BCUT2D eigenvalue weighted by Gasteiger charge is -2.19. The maximum absolute atomic E-state index is 12.2. The summed E-state index contributed by atoms with van der Waals surface area (Å²) in [7, 11) is -3.15. The van der Waals surface area contributed by atoms with Crippen molar-refractivity contribution in [2.75, 3.05) is 16.6 Å². The maximum atomic E-state index is 12.2. The summed E-state index contributed by atoms with van der Waals surface area (Å²) in [5.41, 5.74) is 4.36. The molecule has 3 rings (SSSR count). The Morgan fingerprint density at radius 1 is 1.25 bits per heavy atom. The highest BCUT2D eigenvalue weighted by atomic mass is 32.2. The summed E-state index contributed by atoms with van der Waals surface area (Å²) >= 11 is 1.67. The molecular formula is C15H17NO2S2. The van der Waals surface area contributed by atoms with Gasteiger partial charge in [-0.2, -0.15) is 11.3 Å².